The summed E-state index contributed by atoms with van der Waals surface area (Å²) in [6.45, 7) is 0.700. The van der Waals surface area contributed by atoms with Crippen LogP contribution in [-0.4, -0.2) is 17.5 Å². The first-order valence-corrected chi connectivity index (χ1v) is 8.25. The fraction of sp³-hybridized carbons (Fsp3) is 0.200. The van der Waals surface area contributed by atoms with E-state index in [4.69, 9.17) is 21.4 Å². The molecule has 0 fully saturated rings. The molecule has 0 amide bonds. The predicted octanol–water partition coefficient (Wildman–Crippen LogP) is 4.77. The molecule has 1 N–H and O–H groups in total. The standard InChI is InChI=1S/C15H14BrClO2S/c16-14-9-12(17)3-6-15(14)19-7-8-20-13-4-1-11(10-18)2-5-13/h1-6,9,18H,7-8,10H2. The van der Waals surface area contributed by atoms with Gasteiger partial charge >= 0.3 is 0 Å². The van der Waals surface area contributed by atoms with Gasteiger partial charge in [0.15, 0.2) is 0 Å². The second-order valence-electron chi connectivity index (χ2n) is 4.07. The van der Waals surface area contributed by atoms with E-state index in [0.717, 1.165) is 21.5 Å². The summed E-state index contributed by atoms with van der Waals surface area (Å²) < 4.78 is 6.56. The lowest BCUT2D eigenvalue weighted by atomic mass is 10.2. The Morgan fingerprint density at radius 1 is 1.15 bits per heavy atom. The highest BCUT2D eigenvalue weighted by atomic mass is 79.9. The summed E-state index contributed by atoms with van der Waals surface area (Å²) in [6.07, 6.45) is 0. The number of benzene rings is 2. The van der Waals surface area contributed by atoms with Crippen LogP contribution in [-0.2, 0) is 6.61 Å². The molecule has 0 spiro atoms. The number of halogens is 2. The molecule has 0 radical (unpaired) electrons. The maximum absolute atomic E-state index is 8.97. The van der Waals surface area contributed by atoms with Crippen molar-refractivity contribution in [3.63, 3.8) is 0 Å². The number of rotatable bonds is 6. The molecule has 2 aromatic carbocycles. The van der Waals surface area contributed by atoms with E-state index in [9.17, 15) is 0 Å². The van der Waals surface area contributed by atoms with E-state index in [2.05, 4.69) is 15.9 Å². The topological polar surface area (TPSA) is 29.5 Å². The van der Waals surface area contributed by atoms with Crippen molar-refractivity contribution < 1.29 is 9.84 Å². The molecular formula is C15H14BrClO2S. The van der Waals surface area contributed by atoms with Gasteiger partial charge in [0.2, 0.25) is 0 Å². The first kappa shape index (κ1) is 15.7. The largest absolute Gasteiger partial charge is 0.492 e. The third-order valence-electron chi connectivity index (χ3n) is 2.61. The van der Waals surface area contributed by atoms with Crippen molar-refractivity contribution in [1.29, 1.82) is 0 Å². The van der Waals surface area contributed by atoms with Crippen LogP contribution < -0.4 is 4.74 Å². The number of thioether (sulfide) groups is 1. The van der Waals surface area contributed by atoms with E-state index in [1.807, 2.05) is 42.5 Å². The normalized spacial score (nSPS) is 10.6. The first-order chi connectivity index (χ1) is 9.69. The fourth-order valence-corrected chi connectivity index (χ4v) is 3.12. The summed E-state index contributed by atoms with van der Waals surface area (Å²) in [5, 5.41) is 9.66. The Bertz CT molecular complexity index is 560. The molecule has 0 aliphatic heterocycles. The molecule has 106 valence electrons. The molecule has 20 heavy (non-hydrogen) atoms. The lowest BCUT2D eigenvalue weighted by molar-refractivity contribution is 0.282. The quantitative estimate of drug-likeness (QED) is 0.584. The Morgan fingerprint density at radius 3 is 2.55 bits per heavy atom. The average Bonchev–Trinajstić information content (AvgIpc) is 2.46. The zero-order valence-corrected chi connectivity index (χ0v) is 13.8. The zero-order chi connectivity index (χ0) is 14.4. The molecule has 5 heteroatoms. The Labute approximate surface area is 136 Å². The van der Waals surface area contributed by atoms with Crippen molar-refractivity contribution in [3.8, 4) is 5.75 Å². The van der Waals surface area contributed by atoms with Gasteiger partial charge in [-0.25, -0.2) is 0 Å². The second kappa shape index (κ2) is 7.93. The monoisotopic (exact) mass is 372 g/mol. The van der Waals surface area contributed by atoms with Crippen molar-refractivity contribution in [2.75, 3.05) is 12.4 Å². The molecule has 0 heterocycles. The van der Waals surface area contributed by atoms with Gasteiger partial charge < -0.3 is 9.84 Å². The highest BCUT2D eigenvalue weighted by Gasteiger charge is 2.02. The maximum Gasteiger partial charge on any atom is 0.133 e. The summed E-state index contributed by atoms with van der Waals surface area (Å²) in [4.78, 5) is 1.17. The smallest absolute Gasteiger partial charge is 0.133 e. The lowest BCUT2D eigenvalue weighted by Crippen LogP contribution is -2.00. The molecule has 0 aromatic heterocycles. The van der Waals surface area contributed by atoms with Gasteiger partial charge in [0.1, 0.15) is 5.75 Å². The van der Waals surface area contributed by atoms with Gasteiger partial charge in [-0.2, -0.15) is 0 Å². The molecule has 0 aliphatic rings. The number of aliphatic hydroxyl groups excluding tert-OH is 1. The number of hydrogen-bond donors (Lipinski definition) is 1. The van der Waals surface area contributed by atoms with Crippen LogP contribution in [0.3, 0.4) is 0 Å². The number of ether oxygens (including phenoxy) is 1. The van der Waals surface area contributed by atoms with Crippen molar-refractivity contribution >= 4 is 39.3 Å². The average molecular weight is 374 g/mol. The van der Waals surface area contributed by atoms with E-state index in [-0.39, 0.29) is 6.61 Å². The molecule has 0 saturated carbocycles. The first-order valence-electron chi connectivity index (χ1n) is 6.09. The van der Waals surface area contributed by atoms with Gasteiger partial charge in [-0.3, -0.25) is 0 Å². The Kier molecular flexibility index (Phi) is 6.23. The van der Waals surface area contributed by atoms with Gasteiger partial charge in [0.25, 0.3) is 0 Å². The minimum Gasteiger partial charge on any atom is -0.492 e. The van der Waals surface area contributed by atoms with Crippen LogP contribution in [0.1, 0.15) is 5.56 Å². The third-order valence-corrected chi connectivity index (χ3v) is 4.44. The SMILES string of the molecule is OCc1ccc(SCCOc2ccc(Cl)cc2Br)cc1. The van der Waals surface area contributed by atoms with E-state index < -0.39 is 0 Å². The molecule has 0 saturated heterocycles. The van der Waals surface area contributed by atoms with Crippen molar-refractivity contribution in [3.05, 3.63) is 57.5 Å². The molecule has 2 rings (SSSR count). The second-order valence-corrected chi connectivity index (χ2v) is 6.53. The maximum atomic E-state index is 8.97. The molecule has 0 unspecified atom stereocenters. The van der Waals surface area contributed by atoms with Crippen LogP contribution in [0.25, 0.3) is 0 Å². The van der Waals surface area contributed by atoms with Gasteiger partial charge in [-0.15, -0.1) is 11.8 Å². The van der Waals surface area contributed by atoms with Gasteiger partial charge in [0.05, 0.1) is 17.7 Å². The predicted molar refractivity (Wildman–Crippen MR) is 87.7 cm³/mol. The van der Waals surface area contributed by atoms with Crippen LogP contribution in [0.4, 0.5) is 0 Å². The van der Waals surface area contributed by atoms with Crippen LogP contribution in [0, 0.1) is 0 Å². The van der Waals surface area contributed by atoms with Gasteiger partial charge in [-0.1, -0.05) is 23.7 Å². The van der Waals surface area contributed by atoms with Gasteiger partial charge in [0, 0.05) is 15.7 Å². The molecular weight excluding hydrogens is 360 g/mol. The van der Waals surface area contributed by atoms with E-state index in [1.165, 1.54) is 4.90 Å². The van der Waals surface area contributed by atoms with Crippen LogP contribution >= 0.6 is 39.3 Å². The summed E-state index contributed by atoms with van der Waals surface area (Å²) >= 11 is 11.0. The van der Waals surface area contributed by atoms with E-state index in [0.29, 0.717) is 11.6 Å². The summed E-state index contributed by atoms with van der Waals surface area (Å²) in [5.74, 6) is 1.65. The van der Waals surface area contributed by atoms with Crippen LogP contribution in [0.5, 0.6) is 5.75 Å². The number of hydrogen-bond acceptors (Lipinski definition) is 3. The minimum absolute atomic E-state index is 0.0820. The Balaban J connectivity index is 1.78. The minimum atomic E-state index is 0.0820. The number of aliphatic hydroxyl groups is 1. The van der Waals surface area contributed by atoms with Crippen LogP contribution in [0.2, 0.25) is 5.02 Å². The highest BCUT2D eigenvalue weighted by Crippen LogP contribution is 2.28. The Morgan fingerprint density at radius 2 is 1.90 bits per heavy atom. The van der Waals surface area contributed by atoms with Crippen molar-refractivity contribution in [2.24, 2.45) is 0 Å². The molecule has 0 aliphatic carbocycles. The molecule has 0 bridgehead atoms. The van der Waals surface area contributed by atoms with Crippen molar-refractivity contribution in [2.45, 2.75) is 11.5 Å². The summed E-state index contributed by atoms with van der Waals surface area (Å²) in [6, 6.07) is 13.4. The molecule has 2 nitrogen and oxygen atoms in total. The van der Waals surface area contributed by atoms with Gasteiger partial charge in [-0.05, 0) is 51.8 Å². The molecule has 2 aromatic rings. The van der Waals surface area contributed by atoms with E-state index in [1.54, 1.807) is 11.8 Å². The lowest BCUT2D eigenvalue weighted by Gasteiger charge is -2.08. The third kappa shape index (κ3) is 4.70. The summed E-state index contributed by atoms with van der Waals surface area (Å²) in [7, 11) is 0. The van der Waals surface area contributed by atoms with Crippen LogP contribution in [0.15, 0.2) is 51.8 Å². The van der Waals surface area contributed by atoms with Crippen molar-refractivity contribution in [1.82, 2.24) is 0 Å². The highest BCUT2D eigenvalue weighted by molar-refractivity contribution is 9.10. The Hall–Kier alpha value is -0.680. The zero-order valence-electron chi connectivity index (χ0n) is 10.7. The summed E-state index contributed by atoms with van der Waals surface area (Å²) in [5.41, 5.74) is 0.927. The fourth-order valence-electron chi connectivity index (χ4n) is 1.59. The van der Waals surface area contributed by atoms with E-state index >= 15 is 0 Å². The molecule has 0 atom stereocenters.